The molecule has 0 spiro atoms. The first kappa shape index (κ1) is 16.1. The summed E-state index contributed by atoms with van der Waals surface area (Å²) in [7, 11) is 1.45. The predicted molar refractivity (Wildman–Crippen MR) is 87.6 cm³/mol. The lowest BCUT2D eigenvalue weighted by Gasteiger charge is -2.30. The molecule has 0 saturated carbocycles. The molecule has 0 radical (unpaired) electrons. The summed E-state index contributed by atoms with van der Waals surface area (Å²) < 4.78 is 9.18. The number of nitrogens with zero attached hydrogens (tertiary/aromatic N) is 5. The highest BCUT2D eigenvalue weighted by Gasteiger charge is 2.26. The average molecular weight is 335 g/mol. The van der Waals surface area contributed by atoms with Gasteiger partial charge in [0.1, 0.15) is 0 Å². The number of hydrogen-bond donors (Lipinski definition) is 0. The van der Waals surface area contributed by atoms with Gasteiger partial charge in [-0.1, -0.05) is 0 Å². The number of rotatable bonds is 3. The molecule has 1 saturated heterocycles. The quantitative estimate of drug-likeness (QED) is 0.629. The normalized spacial score (nSPS) is 16.8. The molecule has 23 heavy (non-hydrogen) atoms. The summed E-state index contributed by atoms with van der Waals surface area (Å²) in [6.07, 6.45) is 1.62. The van der Waals surface area contributed by atoms with Crippen LogP contribution in [0.1, 0.15) is 24.2 Å². The van der Waals surface area contributed by atoms with Crippen LogP contribution in [0.3, 0.4) is 0 Å². The van der Waals surface area contributed by atoms with Gasteiger partial charge in [0.05, 0.1) is 19.7 Å². The van der Waals surface area contributed by atoms with E-state index in [2.05, 4.69) is 15.0 Å². The summed E-state index contributed by atoms with van der Waals surface area (Å²) in [5, 5.41) is 4.53. The lowest BCUT2D eigenvalue weighted by molar-refractivity contribution is -0.147. The number of piperidine rings is 1. The highest BCUT2D eigenvalue weighted by Crippen LogP contribution is 2.19. The summed E-state index contributed by atoms with van der Waals surface area (Å²) >= 11 is 5.53. The number of esters is 1. The molecule has 0 aliphatic carbocycles. The SMILES string of the molecule is COC(=O)C1CCN(Cn2nc3nc(C)cc(C)n3c2=S)CC1. The van der Waals surface area contributed by atoms with Gasteiger partial charge in [-0.15, -0.1) is 5.10 Å². The largest absolute Gasteiger partial charge is 0.469 e. The standard InChI is InChI=1S/C15H21N5O2S/c1-10-8-11(2)20-14(16-10)17-19(15(20)23)9-18-6-4-12(5-7-18)13(21)22-3/h8,12H,4-7,9H2,1-3H3. The first-order chi connectivity index (χ1) is 11.0. The van der Waals surface area contributed by atoms with Gasteiger partial charge in [0.2, 0.25) is 4.77 Å². The van der Waals surface area contributed by atoms with Gasteiger partial charge in [0.25, 0.3) is 5.78 Å². The topological polar surface area (TPSA) is 64.7 Å². The van der Waals surface area contributed by atoms with Gasteiger partial charge in [-0.2, -0.15) is 0 Å². The number of aryl methyl sites for hydroxylation is 2. The van der Waals surface area contributed by atoms with Crippen molar-refractivity contribution in [2.75, 3.05) is 20.2 Å². The minimum atomic E-state index is -0.107. The number of likely N-dealkylation sites (tertiary alicyclic amines) is 1. The molecule has 0 aromatic carbocycles. The fraction of sp³-hybridized carbons (Fsp3) is 0.600. The fourth-order valence-corrected chi connectivity index (χ4v) is 3.42. The van der Waals surface area contributed by atoms with Crippen LogP contribution < -0.4 is 0 Å². The minimum absolute atomic E-state index is 0.0110. The number of hydrogen-bond acceptors (Lipinski definition) is 6. The first-order valence-electron chi connectivity index (χ1n) is 7.73. The van der Waals surface area contributed by atoms with E-state index in [1.807, 2.05) is 29.0 Å². The Hall–Kier alpha value is -1.80. The minimum Gasteiger partial charge on any atom is -0.469 e. The second-order valence-electron chi connectivity index (χ2n) is 6.01. The Labute approximate surface area is 139 Å². The maximum Gasteiger partial charge on any atom is 0.308 e. The van der Waals surface area contributed by atoms with E-state index in [9.17, 15) is 4.79 Å². The summed E-state index contributed by atoms with van der Waals surface area (Å²) in [4.78, 5) is 18.3. The lowest BCUT2D eigenvalue weighted by Crippen LogP contribution is -2.38. The van der Waals surface area contributed by atoms with Crippen LogP contribution in [-0.2, 0) is 16.2 Å². The van der Waals surface area contributed by atoms with Gasteiger partial charge in [0, 0.05) is 24.5 Å². The third kappa shape index (κ3) is 3.13. The van der Waals surface area contributed by atoms with E-state index < -0.39 is 0 Å². The van der Waals surface area contributed by atoms with Crippen LogP contribution in [0, 0.1) is 24.5 Å². The van der Waals surface area contributed by atoms with Crippen LogP contribution in [0.15, 0.2) is 6.07 Å². The molecule has 1 aliphatic rings. The Morgan fingerprint density at radius 3 is 2.74 bits per heavy atom. The van der Waals surface area contributed by atoms with Crippen molar-refractivity contribution < 1.29 is 9.53 Å². The molecule has 1 fully saturated rings. The molecule has 3 heterocycles. The molecular weight excluding hydrogens is 314 g/mol. The highest BCUT2D eigenvalue weighted by atomic mass is 32.1. The Bertz CT molecular complexity index is 789. The van der Waals surface area contributed by atoms with Gasteiger partial charge >= 0.3 is 5.97 Å². The van der Waals surface area contributed by atoms with Crippen molar-refractivity contribution in [3.63, 3.8) is 0 Å². The number of ether oxygens (including phenoxy) is 1. The number of aromatic nitrogens is 4. The van der Waals surface area contributed by atoms with Crippen LogP contribution in [0.2, 0.25) is 0 Å². The van der Waals surface area contributed by atoms with Crippen molar-refractivity contribution in [1.29, 1.82) is 0 Å². The Morgan fingerprint density at radius 1 is 1.39 bits per heavy atom. The molecule has 0 bridgehead atoms. The van der Waals surface area contributed by atoms with Crippen molar-refractivity contribution >= 4 is 24.0 Å². The number of methoxy groups -OCH3 is 1. The van der Waals surface area contributed by atoms with E-state index in [4.69, 9.17) is 17.0 Å². The monoisotopic (exact) mass is 335 g/mol. The van der Waals surface area contributed by atoms with E-state index in [1.54, 1.807) is 0 Å². The molecule has 0 unspecified atom stereocenters. The van der Waals surface area contributed by atoms with E-state index >= 15 is 0 Å². The van der Waals surface area contributed by atoms with Gasteiger partial charge in [0.15, 0.2) is 0 Å². The van der Waals surface area contributed by atoms with E-state index in [1.165, 1.54) is 7.11 Å². The van der Waals surface area contributed by atoms with Crippen LogP contribution in [0.4, 0.5) is 0 Å². The van der Waals surface area contributed by atoms with Gasteiger partial charge in [-0.05, 0) is 45.0 Å². The zero-order valence-corrected chi connectivity index (χ0v) is 14.5. The molecule has 2 aromatic rings. The third-order valence-electron chi connectivity index (χ3n) is 4.33. The van der Waals surface area contributed by atoms with E-state index in [-0.39, 0.29) is 11.9 Å². The maximum absolute atomic E-state index is 11.6. The van der Waals surface area contributed by atoms with Crippen molar-refractivity contribution in [1.82, 2.24) is 24.1 Å². The summed E-state index contributed by atoms with van der Waals surface area (Å²) in [5.74, 6) is 0.540. The van der Waals surface area contributed by atoms with Crippen LogP contribution >= 0.6 is 12.2 Å². The fourth-order valence-electron chi connectivity index (χ4n) is 3.09. The molecule has 1 aliphatic heterocycles. The van der Waals surface area contributed by atoms with Crippen molar-refractivity contribution in [3.05, 3.63) is 22.2 Å². The Kier molecular flexibility index (Phi) is 4.45. The summed E-state index contributed by atoms with van der Waals surface area (Å²) in [5.41, 5.74) is 1.97. The predicted octanol–water partition coefficient (Wildman–Crippen LogP) is 1.72. The van der Waals surface area contributed by atoms with Gasteiger partial charge in [-0.3, -0.25) is 14.1 Å². The van der Waals surface area contributed by atoms with Crippen molar-refractivity contribution in [2.45, 2.75) is 33.4 Å². The first-order valence-corrected chi connectivity index (χ1v) is 8.14. The number of carbonyl (C=O) groups excluding carboxylic acids is 1. The molecule has 0 atom stereocenters. The maximum atomic E-state index is 11.6. The molecule has 124 valence electrons. The van der Waals surface area contributed by atoms with Gasteiger partial charge < -0.3 is 4.74 Å². The highest BCUT2D eigenvalue weighted by molar-refractivity contribution is 7.71. The zero-order chi connectivity index (χ0) is 16.6. The number of carbonyl (C=O) groups is 1. The summed E-state index contributed by atoms with van der Waals surface area (Å²) in [6, 6.07) is 2.00. The second kappa shape index (κ2) is 6.37. The van der Waals surface area contributed by atoms with E-state index in [0.717, 1.165) is 37.3 Å². The second-order valence-corrected chi connectivity index (χ2v) is 6.38. The van der Waals surface area contributed by atoms with Gasteiger partial charge in [-0.25, -0.2) is 9.67 Å². The molecular formula is C15H21N5O2S. The van der Waals surface area contributed by atoms with Crippen molar-refractivity contribution in [3.8, 4) is 0 Å². The Balaban J connectivity index is 1.76. The summed E-state index contributed by atoms with van der Waals surface area (Å²) in [6.45, 7) is 6.24. The molecule has 3 rings (SSSR count). The van der Waals surface area contributed by atoms with E-state index in [0.29, 0.717) is 17.2 Å². The van der Waals surface area contributed by atoms with Crippen LogP contribution in [0.5, 0.6) is 0 Å². The molecule has 8 heteroatoms. The van der Waals surface area contributed by atoms with Crippen molar-refractivity contribution in [2.24, 2.45) is 5.92 Å². The Morgan fingerprint density at radius 2 is 2.09 bits per heavy atom. The van der Waals surface area contributed by atoms with Crippen LogP contribution in [-0.4, -0.2) is 50.2 Å². The average Bonchev–Trinajstić information content (AvgIpc) is 2.83. The van der Waals surface area contributed by atoms with Crippen LogP contribution in [0.25, 0.3) is 5.78 Å². The molecule has 7 nitrogen and oxygen atoms in total. The molecule has 2 aromatic heterocycles. The lowest BCUT2D eigenvalue weighted by atomic mass is 9.97. The zero-order valence-electron chi connectivity index (χ0n) is 13.7. The molecule has 0 amide bonds. The third-order valence-corrected chi connectivity index (χ3v) is 4.72. The smallest absolute Gasteiger partial charge is 0.308 e. The number of fused-ring (bicyclic) bond motifs is 1. The molecule has 0 N–H and O–H groups in total.